The molecular weight excluding hydrogens is 170 g/mol. The van der Waals surface area contributed by atoms with Crippen molar-refractivity contribution in [3.8, 4) is 0 Å². The molecule has 5 nitrogen and oxygen atoms in total. The second-order valence-corrected chi connectivity index (χ2v) is 3.12. The van der Waals surface area contributed by atoms with Crippen LogP contribution in [0.25, 0.3) is 0 Å². The molecule has 1 aromatic rings. The SMILES string of the molecule is O=C(O)Cc1n[nH]c2c1CCNC2. The third-order valence-electron chi connectivity index (χ3n) is 2.21. The van der Waals surface area contributed by atoms with Crippen molar-refractivity contribution < 1.29 is 9.90 Å². The Morgan fingerprint density at radius 3 is 3.23 bits per heavy atom. The Bertz CT molecular complexity index is 332. The maximum absolute atomic E-state index is 10.5. The van der Waals surface area contributed by atoms with Crippen molar-refractivity contribution in [2.45, 2.75) is 19.4 Å². The van der Waals surface area contributed by atoms with Crippen molar-refractivity contribution in [3.63, 3.8) is 0 Å². The molecule has 1 aromatic heterocycles. The second-order valence-electron chi connectivity index (χ2n) is 3.12. The number of rotatable bonds is 2. The van der Waals surface area contributed by atoms with Crippen molar-refractivity contribution in [2.75, 3.05) is 6.54 Å². The molecule has 0 aliphatic carbocycles. The van der Waals surface area contributed by atoms with E-state index in [1.54, 1.807) is 0 Å². The zero-order chi connectivity index (χ0) is 9.26. The fourth-order valence-electron chi connectivity index (χ4n) is 1.60. The van der Waals surface area contributed by atoms with Crippen LogP contribution in [0.15, 0.2) is 0 Å². The molecule has 13 heavy (non-hydrogen) atoms. The lowest BCUT2D eigenvalue weighted by molar-refractivity contribution is -0.136. The second kappa shape index (κ2) is 3.18. The molecule has 0 atom stereocenters. The van der Waals surface area contributed by atoms with Gasteiger partial charge < -0.3 is 10.4 Å². The number of nitrogens with zero attached hydrogens (tertiary/aromatic N) is 1. The maximum Gasteiger partial charge on any atom is 0.309 e. The van der Waals surface area contributed by atoms with Crippen LogP contribution in [0.4, 0.5) is 0 Å². The van der Waals surface area contributed by atoms with Crippen LogP contribution in [0.1, 0.15) is 17.0 Å². The third kappa shape index (κ3) is 1.55. The number of H-pyrrole nitrogens is 1. The van der Waals surface area contributed by atoms with Crippen molar-refractivity contribution in [2.24, 2.45) is 0 Å². The summed E-state index contributed by atoms with van der Waals surface area (Å²) in [5, 5.41) is 18.7. The summed E-state index contributed by atoms with van der Waals surface area (Å²) < 4.78 is 0. The molecule has 0 spiro atoms. The van der Waals surface area contributed by atoms with Gasteiger partial charge in [-0.15, -0.1) is 0 Å². The molecule has 0 saturated carbocycles. The van der Waals surface area contributed by atoms with Gasteiger partial charge in [-0.3, -0.25) is 9.89 Å². The van der Waals surface area contributed by atoms with Gasteiger partial charge in [-0.05, 0) is 18.5 Å². The molecule has 3 N–H and O–H groups in total. The van der Waals surface area contributed by atoms with Gasteiger partial charge in [-0.2, -0.15) is 5.10 Å². The van der Waals surface area contributed by atoms with Crippen LogP contribution in [0, 0.1) is 0 Å². The van der Waals surface area contributed by atoms with E-state index in [9.17, 15) is 4.79 Å². The van der Waals surface area contributed by atoms with E-state index in [2.05, 4.69) is 15.5 Å². The van der Waals surface area contributed by atoms with Gasteiger partial charge in [0.1, 0.15) is 0 Å². The molecule has 2 rings (SSSR count). The summed E-state index contributed by atoms with van der Waals surface area (Å²) in [7, 11) is 0. The molecule has 0 unspecified atom stereocenters. The molecule has 1 aliphatic heterocycles. The molecule has 70 valence electrons. The van der Waals surface area contributed by atoms with E-state index in [0.717, 1.165) is 30.8 Å². The summed E-state index contributed by atoms with van der Waals surface area (Å²) in [5.74, 6) is -0.826. The maximum atomic E-state index is 10.5. The van der Waals surface area contributed by atoms with E-state index >= 15 is 0 Å². The fraction of sp³-hybridized carbons (Fsp3) is 0.500. The zero-order valence-electron chi connectivity index (χ0n) is 7.13. The predicted octanol–water partition coefficient (Wildman–Crippen LogP) is -0.318. The van der Waals surface area contributed by atoms with E-state index < -0.39 is 5.97 Å². The molecule has 0 fully saturated rings. The first-order valence-corrected chi connectivity index (χ1v) is 4.25. The van der Waals surface area contributed by atoms with E-state index in [0.29, 0.717) is 5.69 Å². The quantitative estimate of drug-likeness (QED) is 0.584. The Hall–Kier alpha value is -1.36. The molecule has 2 heterocycles. The van der Waals surface area contributed by atoms with Gasteiger partial charge in [0.25, 0.3) is 0 Å². The Kier molecular flexibility index (Phi) is 2.02. The van der Waals surface area contributed by atoms with Crippen LogP contribution in [0.3, 0.4) is 0 Å². The standard InChI is InChI=1S/C8H11N3O2/c12-8(13)3-6-5-1-2-9-4-7(5)11-10-6/h9H,1-4H2,(H,10,11)(H,12,13). The van der Waals surface area contributed by atoms with Crippen LogP contribution in [0.2, 0.25) is 0 Å². The van der Waals surface area contributed by atoms with E-state index in [1.807, 2.05) is 0 Å². The zero-order valence-corrected chi connectivity index (χ0v) is 7.13. The summed E-state index contributed by atoms with van der Waals surface area (Å²) in [5.41, 5.74) is 2.80. The molecule has 0 saturated heterocycles. The lowest BCUT2D eigenvalue weighted by atomic mass is 10.0. The number of carbonyl (C=O) groups is 1. The normalized spacial score (nSPS) is 15.4. The number of hydrogen-bond donors (Lipinski definition) is 3. The molecule has 5 heteroatoms. The van der Waals surface area contributed by atoms with E-state index in [1.165, 1.54) is 0 Å². The highest BCUT2D eigenvalue weighted by molar-refractivity contribution is 5.70. The third-order valence-corrected chi connectivity index (χ3v) is 2.21. The average Bonchev–Trinajstić information content (AvgIpc) is 2.48. The van der Waals surface area contributed by atoms with E-state index in [4.69, 9.17) is 5.11 Å². The van der Waals surface area contributed by atoms with Crippen LogP contribution in [0.5, 0.6) is 0 Å². The molecule has 1 aliphatic rings. The minimum absolute atomic E-state index is 0.0197. The van der Waals surface area contributed by atoms with Gasteiger partial charge in [0, 0.05) is 6.54 Å². The predicted molar refractivity (Wildman–Crippen MR) is 45.3 cm³/mol. The van der Waals surface area contributed by atoms with Crippen LogP contribution >= 0.6 is 0 Å². The average molecular weight is 181 g/mol. The number of nitrogens with one attached hydrogen (secondary N) is 2. The number of hydrogen-bond acceptors (Lipinski definition) is 3. The highest BCUT2D eigenvalue weighted by Gasteiger charge is 2.17. The summed E-state index contributed by atoms with van der Waals surface area (Å²) in [6, 6.07) is 0. The lowest BCUT2D eigenvalue weighted by Gasteiger charge is -2.12. The van der Waals surface area contributed by atoms with E-state index in [-0.39, 0.29) is 6.42 Å². The summed E-state index contributed by atoms with van der Waals surface area (Å²) >= 11 is 0. The number of aromatic amines is 1. The Balaban J connectivity index is 2.26. The minimum Gasteiger partial charge on any atom is -0.481 e. The van der Waals surface area contributed by atoms with Gasteiger partial charge in [0.2, 0.25) is 0 Å². The van der Waals surface area contributed by atoms with Crippen molar-refractivity contribution >= 4 is 5.97 Å². The number of carboxylic acids is 1. The minimum atomic E-state index is -0.826. The van der Waals surface area contributed by atoms with Crippen molar-refractivity contribution in [1.29, 1.82) is 0 Å². The molecular formula is C8H11N3O2. The van der Waals surface area contributed by atoms with Crippen LogP contribution in [-0.4, -0.2) is 27.8 Å². The molecule has 0 aromatic carbocycles. The first-order chi connectivity index (χ1) is 6.27. The Morgan fingerprint density at radius 1 is 1.62 bits per heavy atom. The van der Waals surface area contributed by atoms with Gasteiger partial charge in [0.05, 0.1) is 17.8 Å². The topological polar surface area (TPSA) is 78.0 Å². The monoisotopic (exact) mass is 181 g/mol. The largest absolute Gasteiger partial charge is 0.481 e. The molecule has 0 bridgehead atoms. The van der Waals surface area contributed by atoms with Gasteiger partial charge >= 0.3 is 5.97 Å². The summed E-state index contributed by atoms with van der Waals surface area (Å²) in [6.07, 6.45) is 0.889. The van der Waals surface area contributed by atoms with Crippen molar-refractivity contribution in [3.05, 3.63) is 17.0 Å². The molecule has 0 amide bonds. The first-order valence-electron chi connectivity index (χ1n) is 4.25. The Morgan fingerprint density at radius 2 is 2.46 bits per heavy atom. The highest BCUT2D eigenvalue weighted by atomic mass is 16.4. The van der Waals surface area contributed by atoms with Crippen molar-refractivity contribution in [1.82, 2.24) is 15.5 Å². The van der Waals surface area contributed by atoms with Crippen LogP contribution < -0.4 is 5.32 Å². The van der Waals surface area contributed by atoms with Gasteiger partial charge in [0.15, 0.2) is 0 Å². The van der Waals surface area contributed by atoms with Crippen LogP contribution in [-0.2, 0) is 24.2 Å². The number of aromatic nitrogens is 2. The fourth-order valence-corrected chi connectivity index (χ4v) is 1.60. The van der Waals surface area contributed by atoms with Gasteiger partial charge in [-0.1, -0.05) is 0 Å². The first kappa shape index (κ1) is 8.25. The number of aliphatic carboxylic acids is 1. The number of carboxylic acid groups (broad SMARTS) is 1. The molecule has 0 radical (unpaired) electrons. The smallest absolute Gasteiger partial charge is 0.309 e. The number of fused-ring (bicyclic) bond motifs is 1. The lowest BCUT2D eigenvalue weighted by Crippen LogP contribution is -2.23. The summed E-state index contributed by atoms with van der Waals surface area (Å²) in [4.78, 5) is 10.5. The highest BCUT2D eigenvalue weighted by Crippen LogP contribution is 2.15. The summed E-state index contributed by atoms with van der Waals surface area (Å²) in [6.45, 7) is 1.67. The van der Waals surface area contributed by atoms with Gasteiger partial charge in [-0.25, -0.2) is 0 Å². The Labute approximate surface area is 75.2 Å².